The van der Waals surface area contributed by atoms with Crippen LogP contribution in [0, 0.1) is 18.3 Å². The van der Waals surface area contributed by atoms with E-state index in [1.807, 2.05) is 0 Å². The molecule has 0 aliphatic heterocycles. The van der Waals surface area contributed by atoms with Crippen molar-refractivity contribution in [3.63, 3.8) is 0 Å². The fraction of sp³-hybridized carbons (Fsp3) is 0.625. The maximum Gasteiger partial charge on any atom is 0.0372 e. The van der Waals surface area contributed by atoms with E-state index in [2.05, 4.69) is 67.1 Å². The van der Waals surface area contributed by atoms with Crippen LogP contribution < -0.4 is 5.32 Å². The summed E-state index contributed by atoms with van der Waals surface area (Å²) < 4.78 is 1.16. The van der Waals surface area contributed by atoms with Crippen LogP contribution in [0.1, 0.15) is 45.6 Å². The van der Waals surface area contributed by atoms with Gasteiger partial charge in [-0.25, -0.2) is 0 Å². The summed E-state index contributed by atoms with van der Waals surface area (Å²) in [6, 6.07) is 7.10. The molecule has 1 saturated carbocycles. The summed E-state index contributed by atoms with van der Waals surface area (Å²) in [4.78, 5) is 0. The summed E-state index contributed by atoms with van der Waals surface area (Å²) in [6.07, 6.45) is 3.91. The zero-order chi connectivity index (χ0) is 13.3. The summed E-state index contributed by atoms with van der Waals surface area (Å²) in [5.41, 5.74) is 3.08. The van der Waals surface area contributed by atoms with Crippen molar-refractivity contribution in [2.24, 2.45) is 11.3 Å². The Morgan fingerprint density at radius 3 is 2.61 bits per heavy atom. The highest BCUT2D eigenvalue weighted by molar-refractivity contribution is 9.10. The predicted octanol–water partition coefficient (Wildman–Crippen LogP) is 5.38. The van der Waals surface area contributed by atoms with Gasteiger partial charge in [-0.05, 0) is 61.3 Å². The summed E-state index contributed by atoms with van der Waals surface area (Å²) in [5.74, 6) is 0.821. The van der Waals surface area contributed by atoms with Gasteiger partial charge >= 0.3 is 0 Å². The summed E-state index contributed by atoms with van der Waals surface area (Å²) in [5, 5.41) is 3.74. The van der Waals surface area contributed by atoms with Gasteiger partial charge < -0.3 is 5.32 Å². The van der Waals surface area contributed by atoms with E-state index in [1.54, 1.807) is 0 Å². The van der Waals surface area contributed by atoms with Crippen LogP contribution in [0.5, 0.6) is 0 Å². The third kappa shape index (κ3) is 3.50. The first-order chi connectivity index (χ1) is 8.35. The number of halogens is 1. The first-order valence-corrected chi connectivity index (χ1v) is 7.68. The fourth-order valence-electron chi connectivity index (χ4n) is 3.46. The first-order valence-electron chi connectivity index (χ1n) is 6.88. The highest BCUT2D eigenvalue weighted by Crippen LogP contribution is 2.39. The van der Waals surface area contributed by atoms with Crippen LogP contribution in [0.3, 0.4) is 0 Å². The largest absolute Gasteiger partial charge is 0.382 e. The molecule has 0 radical (unpaired) electrons. The lowest BCUT2D eigenvalue weighted by Crippen LogP contribution is -2.35. The molecule has 18 heavy (non-hydrogen) atoms. The molecule has 0 spiro atoms. The molecule has 0 heterocycles. The molecule has 1 aliphatic carbocycles. The van der Waals surface area contributed by atoms with Crippen molar-refractivity contribution in [3.8, 4) is 0 Å². The lowest BCUT2D eigenvalue weighted by Gasteiger charge is -2.39. The normalized spacial score (nSPS) is 26.9. The van der Waals surface area contributed by atoms with Crippen LogP contribution in [0.15, 0.2) is 22.7 Å². The molecule has 1 aromatic carbocycles. The summed E-state index contributed by atoms with van der Waals surface area (Å²) in [7, 11) is 0. The number of rotatable bonds is 2. The maximum absolute atomic E-state index is 3.74. The second-order valence-electron chi connectivity index (χ2n) is 6.71. The molecule has 1 aliphatic rings. The second kappa shape index (κ2) is 5.24. The zero-order valence-electron chi connectivity index (χ0n) is 11.9. The highest BCUT2D eigenvalue weighted by atomic mass is 79.9. The van der Waals surface area contributed by atoms with Crippen molar-refractivity contribution in [1.29, 1.82) is 0 Å². The Hall–Kier alpha value is -0.500. The smallest absolute Gasteiger partial charge is 0.0372 e. The van der Waals surface area contributed by atoms with E-state index in [9.17, 15) is 0 Å². The minimum Gasteiger partial charge on any atom is -0.382 e. The van der Waals surface area contributed by atoms with Gasteiger partial charge in [0.2, 0.25) is 0 Å². The Bertz CT molecular complexity index is 425. The molecule has 0 saturated heterocycles. The van der Waals surface area contributed by atoms with Crippen LogP contribution in [-0.2, 0) is 0 Å². The van der Waals surface area contributed by atoms with Crippen molar-refractivity contribution in [2.75, 3.05) is 5.32 Å². The minimum atomic E-state index is 0.471. The molecule has 100 valence electrons. The van der Waals surface area contributed by atoms with Crippen molar-refractivity contribution in [2.45, 2.75) is 53.0 Å². The SMILES string of the molecule is Cc1cc(Br)ccc1NC1CC(C)CC(C)(C)C1. The third-order valence-electron chi connectivity index (χ3n) is 3.93. The quantitative estimate of drug-likeness (QED) is 0.773. The van der Waals surface area contributed by atoms with E-state index in [1.165, 1.54) is 30.5 Å². The van der Waals surface area contributed by atoms with Crippen LogP contribution in [0.4, 0.5) is 5.69 Å². The molecule has 2 rings (SSSR count). The summed E-state index contributed by atoms with van der Waals surface area (Å²) >= 11 is 3.52. The van der Waals surface area contributed by atoms with E-state index in [4.69, 9.17) is 0 Å². The van der Waals surface area contributed by atoms with Crippen molar-refractivity contribution in [1.82, 2.24) is 0 Å². The molecular formula is C16H24BrN. The Kier molecular flexibility index (Phi) is 4.05. The topological polar surface area (TPSA) is 12.0 Å². The molecule has 0 amide bonds. The minimum absolute atomic E-state index is 0.471. The van der Waals surface area contributed by atoms with E-state index >= 15 is 0 Å². The molecule has 2 heteroatoms. The molecule has 0 aromatic heterocycles. The Morgan fingerprint density at radius 2 is 2.00 bits per heavy atom. The van der Waals surface area contributed by atoms with Crippen LogP contribution in [0.2, 0.25) is 0 Å². The second-order valence-corrected chi connectivity index (χ2v) is 7.63. The molecule has 2 unspecified atom stereocenters. The van der Waals surface area contributed by atoms with Gasteiger partial charge in [0.05, 0.1) is 0 Å². The predicted molar refractivity (Wildman–Crippen MR) is 83.1 cm³/mol. The monoisotopic (exact) mass is 309 g/mol. The van der Waals surface area contributed by atoms with Gasteiger partial charge in [-0.2, -0.15) is 0 Å². The van der Waals surface area contributed by atoms with Gasteiger partial charge in [-0.15, -0.1) is 0 Å². The number of benzene rings is 1. The van der Waals surface area contributed by atoms with Gasteiger partial charge in [-0.3, -0.25) is 0 Å². The van der Waals surface area contributed by atoms with E-state index < -0.39 is 0 Å². The fourth-order valence-corrected chi connectivity index (χ4v) is 3.94. The van der Waals surface area contributed by atoms with E-state index in [-0.39, 0.29) is 0 Å². The number of hydrogen-bond donors (Lipinski definition) is 1. The van der Waals surface area contributed by atoms with Crippen LogP contribution >= 0.6 is 15.9 Å². The Balaban J connectivity index is 2.09. The number of nitrogens with one attached hydrogen (secondary N) is 1. The lowest BCUT2D eigenvalue weighted by atomic mass is 9.70. The first kappa shape index (κ1) is 13.9. The van der Waals surface area contributed by atoms with Gasteiger partial charge in [0.15, 0.2) is 0 Å². The number of hydrogen-bond acceptors (Lipinski definition) is 1. The lowest BCUT2D eigenvalue weighted by molar-refractivity contribution is 0.178. The molecule has 1 aromatic rings. The van der Waals surface area contributed by atoms with E-state index in [0.717, 1.165) is 10.4 Å². The van der Waals surface area contributed by atoms with Gasteiger partial charge in [0.25, 0.3) is 0 Å². The standard InChI is InChI=1S/C16H24BrN/c1-11-7-14(10-16(3,4)9-11)18-15-6-5-13(17)8-12(15)2/h5-6,8,11,14,18H,7,9-10H2,1-4H3. The Morgan fingerprint density at radius 1 is 1.28 bits per heavy atom. The Labute approximate surface area is 119 Å². The average molecular weight is 310 g/mol. The molecule has 2 atom stereocenters. The molecular weight excluding hydrogens is 286 g/mol. The number of aryl methyl sites for hydroxylation is 1. The van der Waals surface area contributed by atoms with Crippen molar-refractivity contribution in [3.05, 3.63) is 28.2 Å². The van der Waals surface area contributed by atoms with Gasteiger partial charge in [-0.1, -0.05) is 36.7 Å². The van der Waals surface area contributed by atoms with E-state index in [0.29, 0.717) is 11.5 Å². The zero-order valence-corrected chi connectivity index (χ0v) is 13.5. The van der Waals surface area contributed by atoms with Crippen molar-refractivity contribution < 1.29 is 0 Å². The molecule has 1 N–H and O–H groups in total. The average Bonchev–Trinajstić information content (AvgIpc) is 2.19. The van der Waals surface area contributed by atoms with Crippen LogP contribution in [0.25, 0.3) is 0 Å². The molecule has 1 nitrogen and oxygen atoms in total. The molecule has 0 bridgehead atoms. The maximum atomic E-state index is 3.74. The number of anilines is 1. The summed E-state index contributed by atoms with van der Waals surface area (Å²) in [6.45, 7) is 9.34. The van der Waals surface area contributed by atoms with Crippen LogP contribution in [-0.4, -0.2) is 6.04 Å². The van der Waals surface area contributed by atoms with Gasteiger partial charge in [0.1, 0.15) is 0 Å². The van der Waals surface area contributed by atoms with Crippen molar-refractivity contribution >= 4 is 21.6 Å². The third-order valence-corrected chi connectivity index (χ3v) is 4.43. The highest BCUT2D eigenvalue weighted by Gasteiger charge is 2.31. The van der Waals surface area contributed by atoms with Gasteiger partial charge in [0, 0.05) is 16.2 Å². The molecule has 1 fully saturated rings.